The molecule has 1 aromatic heterocycles. The van der Waals surface area contributed by atoms with Gasteiger partial charge in [0.05, 0.1) is 12.3 Å². The van der Waals surface area contributed by atoms with Crippen molar-refractivity contribution in [3.05, 3.63) is 29.1 Å². The van der Waals surface area contributed by atoms with E-state index in [4.69, 9.17) is 5.73 Å². The number of nitrogens with zero attached hydrogens (tertiary/aromatic N) is 1. The highest BCUT2D eigenvalue weighted by Crippen LogP contribution is 2.35. The Kier molecular flexibility index (Phi) is 3.63. The lowest BCUT2D eigenvalue weighted by molar-refractivity contribution is 0.0531. The summed E-state index contributed by atoms with van der Waals surface area (Å²) in [6, 6.07) is 8.06. The van der Waals surface area contributed by atoms with Crippen molar-refractivity contribution >= 4 is 33.0 Å². The first-order valence-corrected chi connectivity index (χ1v) is 7.73. The number of thiophene rings is 1. The van der Waals surface area contributed by atoms with E-state index in [1.54, 1.807) is 4.90 Å². The average Bonchev–Trinajstić information content (AvgIpc) is 2.73. The third kappa shape index (κ3) is 2.17. The largest absolute Gasteiger partial charge is 0.397 e. The monoisotopic (exact) mass is 290 g/mol. The quantitative estimate of drug-likeness (QED) is 0.909. The van der Waals surface area contributed by atoms with Crippen LogP contribution >= 0.6 is 11.3 Å². The van der Waals surface area contributed by atoms with Gasteiger partial charge in [0.25, 0.3) is 5.91 Å². The summed E-state index contributed by atoms with van der Waals surface area (Å²) in [7, 11) is 0. The maximum atomic E-state index is 12.7. The number of carbonyl (C=O) groups excluding carboxylic acids is 1. The number of hydrogen-bond donors (Lipinski definition) is 2. The number of aliphatic hydroxyl groups excluding tert-OH is 1. The molecule has 0 spiro atoms. The number of nitrogen functional groups attached to an aromatic ring is 1. The van der Waals surface area contributed by atoms with Crippen molar-refractivity contribution in [2.45, 2.75) is 25.3 Å². The van der Waals surface area contributed by atoms with Gasteiger partial charge in [-0.3, -0.25) is 4.79 Å². The number of nitrogens with two attached hydrogens (primary N) is 1. The van der Waals surface area contributed by atoms with Crippen molar-refractivity contribution in [1.29, 1.82) is 0 Å². The normalized spacial score (nSPS) is 15.2. The Morgan fingerprint density at radius 3 is 2.75 bits per heavy atom. The maximum Gasteiger partial charge on any atom is 0.266 e. The summed E-state index contributed by atoms with van der Waals surface area (Å²) in [5.74, 6) is -0.0394. The molecule has 1 aliphatic rings. The molecule has 1 saturated carbocycles. The van der Waals surface area contributed by atoms with E-state index in [9.17, 15) is 9.90 Å². The molecule has 1 amide bonds. The zero-order valence-electron chi connectivity index (χ0n) is 11.2. The Balaban J connectivity index is 1.95. The van der Waals surface area contributed by atoms with Gasteiger partial charge in [0.15, 0.2) is 0 Å². The minimum atomic E-state index is -0.0394. The summed E-state index contributed by atoms with van der Waals surface area (Å²) in [4.78, 5) is 15.1. The molecule has 3 rings (SSSR count). The van der Waals surface area contributed by atoms with Crippen molar-refractivity contribution in [1.82, 2.24) is 4.90 Å². The van der Waals surface area contributed by atoms with Crippen LogP contribution in [-0.2, 0) is 0 Å². The Bertz CT molecular complexity index is 634. The zero-order chi connectivity index (χ0) is 14.1. The van der Waals surface area contributed by atoms with Gasteiger partial charge in [-0.15, -0.1) is 11.3 Å². The first-order valence-electron chi connectivity index (χ1n) is 6.91. The topological polar surface area (TPSA) is 66.6 Å². The molecule has 3 N–H and O–H groups in total. The lowest BCUT2D eigenvalue weighted by Crippen LogP contribution is -2.45. The molecule has 1 heterocycles. The molecule has 0 aliphatic heterocycles. The van der Waals surface area contributed by atoms with Crippen molar-refractivity contribution in [2.75, 3.05) is 18.9 Å². The van der Waals surface area contributed by atoms with Gasteiger partial charge in [-0.25, -0.2) is 0 Å². The predicted molar refractivity (Wildman–Crippen MR) is 82.0 cm³/mol. The summed E-state index contributed by atoms with van der Waals surface area (Å²) in [6.45, 7) is 0.379. The number of benzene rings is 1. The smallest absolute Gasteiger partial charge is 0.266 e. The van der Waals surface area contributed by atoms with Crippen LogP contribution in [0.2, 0.25) is 0 Å². The van der Waals surface area contributed by atoms with Crippen molar-refractivity contribution in [2.24, 2.45) is 0 Å². The molecular formula is C15H18N2O2S. The summed E-state index contributed by atoms with van der Waals surface area (Å²) >= 11 is 1.44. The Labute approximate surface area is 121 Å². The van der Waals surface area contributed by atoms with E-state index >= 15 is 0 Å². The Morgan fingerprint density at radius 1 is 1.40 bits per heavy atom. The van der Waals surface area contributed by atoms with Crippen LogP contribution in [0.3, 0.4) is 0 Å². The fraction of sp³-hybridized carbons (Fsp3) is 0.400. The Morgan fingerprint density at radius 2 is 2.15 bits per heavy atom. The van der Waals surface area contributed by atoms with E-state index in [2.05, 4.69) is 0 Å². The van der Waals surface area contributed by atoms with Crippen LogP contribution in [0.25, 0.3) is 10.1 Å². The first kappa shape index (κ1) is 13.4. The van der Waals surface area contributed by atoms with Crippen LogP contribution in [0.5, 0.6) is 0 Å². The number of hydrogen-bond acceptors (Lipinski definition) is 4. The molecule has 4 nitrogen and oxygen atoms in total. The van der Waals surface area contributed by atoms with Gasteiger partial charge in [-0.1, -0.05) is 18.2 Å². The van der Waals surface area contributed by atoms with Crippen molar-refractivity contribution in [3.8, 4) is 0 Å². The molecule has 0 atom stereocenters. The summed E-state index contributed by atoms with van der Waals surface area (Å²) in [5, 5.41) is 10.1. The average molecular weight is 290 g/mol. The van der Waals surface area contributed by atoms with Gasteiger partial charge in [-0.05, 0) is 25.3 Å². The van der Waals surface area contributed by atoms with Crippen LogP contribution < -0.4 is 5.73 Å². The SMILES string of the molecule is Nc1c(C(=O)N(CCO)C2CCC2)sc2ccccc12. The van der Waals surface area contributed by atoms with Gasteiger partial charge < -0.3 is 15.7 Å². The third-order valence-electron chi connectivity index (χ3n) is 3.95. The molecule has 0 radical (unpaired) electrons. The van der Waals surface area contributed by atoms with Gasteiger partial charge in [0, 0.05) is 22.7 Å². The highest BCUT2D eigenvalue weighted by molar-refractivity contribution is 7.21. The molecule has 0 saturated heterocycles. The van der Waals surface area contributed by atoms with E-state index in [1.165, 1.54) is 11.3 Å². The number of aliphatic hydroxyl groups is 1. The zero-order valence-corrected chi connectivity index (χ0v) is 12.0. The van der Waals surface area contributed by atoms with E-state index in [0.29, 0.717) is 17.1 Å². The fourth-order valence-electron chi connectivity index (χ4n) is 2.61. The minimum Gasteiger partial charge on any atom is -0.397 e. The highest BCUT2D eigenvalue weighted by Gasteiger charge is 2.31. The van der Waals surface area contributed by atoms with E-state index in [-0.39, 0.29) is 18.6 Å². The van der Waals surface area contributed by atoms with E-state index < -0.39 is 0 Å². The predicted octanol–water partition coefficient (Wildman–Crippen LogP) is 2.47. The van der Waals surface area contributed by atoms with Crippen LogP contribution in [0.15, 0.2) is 24.3 Å². The van der Waals surface area contributed by atoms with Gasteiger partial charge in [-0.2, -0.15) is 0 Å². The van der Waals surface area contributed by atoms with Crippen LogP contribution in [0, 0.1) is 0 Å². The van der Waals surface area contributed by atoms with Crippen LogP contribution in [-0.4, -0.2) is 35.1 Å². The van der Waals surface area contributed by atoms with Crippen LogP contribution in [0.4, 0.5) is 5.69 Å². The molecule has 5 heteroatoms. The van der Waals surface area contributed by atoms with Gasteiger partial charge in [0.2, 0.25) is 0 Å². The molecule has 0 unspecified atom stereocenters. The van der Waals surface area contributed by atoms with Crippen molar-refractivity contribution in [3.63, 3.8) is 0 Å². The number of rotatable bonds is 4. The Hall–Kier alpha value is -1.59. The van der Waals surface area contributed by atoms with E-state index in [1.807, 2.05) is 24.3 Å². The molecule has 20 heavy (non-hydrogen) atoms. The second-order valence-electron chi connectivity index (χ2n) is 5.15. The molecular weight excluding hydrogens is 272 g/mol. The molecule has 1 aromatic carbocycles. The lowest BCUT2D eigenvalue weighted by Gasteiger charge is -2.37. The fourth-order valence-corrected chi connectivity index (χ4v) is 3.69. The molecule has 0 bridgehead atoms. The molecule has 1 fully saturated rings. The molecule has 106 valence electrons. The second-order valence-corrected chi connectivity index (χ2v) is 6.20. The molecule has 1 aliphatic carbocycles. The minimum absolute atomic E-state index is 0.00690. The maximum absolute atomic E-state index is 12.7. The van der Waals surface area contributed by atoms with E-state index in [0.717, 1.165) is 29.3 Å². The summed E-state index contributed by atoms with van der Waals surface area (Å²) in [5.41, 5.74) is 6.70. The standard InChI is InChI=1S/C15H18N2O2S/c16-13-11-6-1-2-7-12(11)20-14(13)15(19)17(8-9-18)10-4-3-5-10/h1-2,6-7,10,18H,3-5,8-9,16H2. The number of amides is 1. The highest BCUT2D eigenvalue weighted by atomic mass is 32.1. The third-order valence-corrected chi connectivity index (χ3v) is 5.12. The van der Waals surface area contributed by atoms with Crippen molar-refractivity contribution < 1.29 is 9.90 Å². The first-order chi connectivity index (χ1) is 9.72. The summed E-state index contributed by atoms with van der Waals surface area (Å²) < 4.78 is 1.03. The van der Waals surface area contributed by atoms with Gasteiger partial charge in [0.1, 0.15) is 4.88 Å². The second kappa shape index (κ2) is 5.42. The molecule has 2 aromatic rings. The van der Waals surface area contributed by atoms with Gasteiger partial charge >= 0.3 is 0 Å². The number of carbonyl (C=O) groups is 1. The lowest BCUT2D eigenvalue weighted by atomic mass is 9.91. The number of anilines is 1. The number of fused-ring (bicyclic) bond motifs is 1. The summed E-state index contributed by atoms with van der Waals surface area (Å²) in [6.07, 6.45) is 3.20. The van der Waals surface area contributed by atoms with Crippen LogP contribution in [0.1, 0.15) is 28.9 Å².